The monoisotopic (exact) mass is 304 g/mol. The van der Waals surface area contributed by atoms with Gasteiger partial charge in [-0.1, -0.05) is 60.7 Å². The zero-order valence-electron chi connectivity index (χ0n) is 13.2. The third kappa shape index (κ3) is 2.45. The second-order valence-corrected chi connectivity index (χ2v) is 6.32. The van der Waals surface area contributed by atoms with Gasteiger partial charge in [0, 0.05) is 17.0 Å². The Morgan fingerprint density at radius 2 is 1.87 bits per heavy atom. The van der Waals surface area contributed by atoms with Crippen LogP contribution in [0.15, 0.2) is 60.8 Å². The van der Waals surface area contributed by atoms with Crippen molar-refractivity contribution in [3.05, 3.63) is 66.4 Å². The Labute approximate surface area is 135 Å². The number of aromatic nitrogens is 3. The van der Waals surface area contributed by atoms with Crippen molar-refractivity contribution in [3.63, 3.8) is 0 Å². The van der Waals surface area contributed by atoms with Crippen molar-refractivity contribution in [3.8, 4) is 16.9 Å². The first kappa shape index (κ1) is 14.2. The number of hydrogen-bond donors (Lipinski definition) is 1. The summed E-state index contributed by atoms with van der Waals surface area (Å²) >= 11 is 0. The van der Waals surface area contributed by atoms with E-state index in [9.17, 15) is 0 Å². The SMILES string of the molecule is CCC1(N)CC1c1ccccc1-n1cc(-c2ccccc2)nn1. The lowest BCUT2D eigenvalue weighted by Gasteiger charge is -2.12. The fourth-order valence-corrected chi connectivity index (χ4v) is 3.25. The quantitative estimate of drug-likeness (QED) is 0.802. The Morgan fingerprint density at radius 3 is 2.61 bits per heavy atom. The standard InChI is InChI=1S/C19H20N4/c1-2-19(20)12-16(19)15-10-6-7-11-18(15)23-13-17(21-22-23)14-8-4-3-5-9-14/h3-11,13,16H,2,12,20H2,1H3. The Bertz CT molecular complexity index is 824. The number of rotatable bonds is 4. The van der Waals surface area contributed by atoms with Gasteiger partial charge in [0.15, 0.2) is 0 Å². The van der Waals surface area contributed by atoms with Crippen LogP contribution in [0.4, 0.5) is 0 Å². The van der Waals surface area contributed by atoms with E-state index in [1.807, 2.05) is 47.3 Å². The predicted molar refractivity (Wildman–Crippen MR) is 91.4 cm³/mol. The average molecular weight is 304 g/mol. The Morgan fingerprint density at radius 1 is 1.13 bits per heavy atom. The molecule has 2 aromatic carbocycles. The number of hydrogen-bond acceptors (Lipinski definition) is 3. The molecule has 1 aliphatic rings. The van der Waals surface area contributed by atoms with Gasteiger partial charge < -0.3 is 5.73 Å². The molecule has 23 heavy (non-hydrogen) atoms. The lowest BCUT2D eigenvalue weighted by Crippen LogP contribution is -2.23. The lowest BCUT2D eigenvalue weighted by molar-refractivity contribution is 0.624. The van der Waals surface area contributed by atoms with Gasteiger partial charge in [-0.05, 0) is 24.5 Å². The van der Waals surface area contributed by atoms with Crippen LogP contribution in [0.5, 0.6) is 0 Å². The molecule has 1 heterocycles. The summed E-state index contributed by atoms with van der Waals surface area (Å²) in [5, 5.41) is 8.65. The molecule has 0 aliphatic heterocycles. The first-order valence-corrected chi connectivity index (χ1v) is 8.07. The van der Waals surface area contributed by atoms with Crippen LogP contribution in [-0.4, -0.2) is 20.5 Å². The van der Waals surface area contributed by atoms with Gasteiger partial charge in [-0.3, -0.25) is 0 Å². The van der Waals surface area contributed by atoms with E-state index in [-0.39, 0.29) is 5.54 Å². The predicted octanol–water partition coefficient (Wildman–Crippen LogP) is 3.53. The molecule has 4 nitrogen and oxygen atoms in total. The number of para-hydroxylation sites is 1. The Balaban J connectivity index is 1.71. The Kier molecular flexibility index (Phi) is 3.27. The molecule has 2 unspecified atom stereocenters. The van der Waals surface area contributed by atoms with Gasteiger partial charge in [0.25, 0.3) is 0 Å². The maximum Gasteiger partial charge on any atom is 0.113 e. The summed E-state index contributed by atoms with van der Waals surface area (Å²) in [6.45, 7) is 2.16. The van der Waals surface area contributed by atoms with Crippen molar-refractivity contribution < 1.29 is 0 Å². The van der Waals surface area contributed by atoms with E-state index in [2.05, 4.69) is 35.4 Å². The number of nitrogens with two attached hydrogens (primary N) is 1. The molecule has 1 saturated carbocycles. The fraction of sp³-hybridized carbons (Fsp3) is 0.263. The summed E-state index contributed by atoms with van der Waals surface area (Å²) in [6.07, 6.45) is 4.03. The Hall–Kier alpha value is -2.46. The maximum absolute atomic E-state index is 6.42. The van der Waals surface area contributed by atoms with Crippen LogP contribution in [0.3, 0.4) is 0 Å². The van der Waals surface area contributed by atoms with Crippen LogP contribution in [0.1, 0.15) is 31.2 Å². The summed E-state index contributed by atoms with van der Waals surface area (Å²) in [5.41, 5.74) is 10.7. The molecule has 116 valence electrons. The van der Waals surface area contributed by atoms with Crippen LogP contribution in [0, 0.1) is 0 Å². The summed E-state index contributed by atoms with van der Waals surface area (Å²) < 4.78 is 1.87. The summed E-state index contributed by atoms with van der Waals surface area (Å²) in [4.78, 5) is 0. The molecule has 0 radical (unpaired) electrons. The van der Waals surface area contributed by atoms with Crippen molar-refractivity contribution >= 4 is 0 Å². The largest absolute Gasteiger partial charge is 0.325 e. The first-order chi connectivity index (χ1) is 11.2. The van der Waals surface area contributed by atoms with Crippen molar-refractivity contribution in [2.45, 2.75) is 31.2 Å². The average Bonchev–Trinajstić information content (AvgIpc) is 3.06. The highest BCUT2D eigenvalue weighted by Gasteiger charge is 2.51. The zero-order valence-corrected chi connectivity index (χ0v) is 13.2. The molecule has 0 saturated heterocycles. The van der Waals surface area contributed by atoms with E-state index in [0.717, 1.165) is 29.8 Å². The summed E-state index contributed by atoms with van der Waals surface area (Å²) in [6, 6.07) is 18.5. The number of nitrogens with zero attached hydrogens (tertiary/aromatic N) is 3. The topological polar surface area (TPSA) is 56.7 Å². The van der Waals surface area contributed by atoms with Gasteiger partial charge in [-0.15, -0.1) is 5.10 Å². The smallest absolute Gasteiger partial charge is 0.113 e. The molecule has 1 fully saturated rings. The zero-order chi connectivity index (χ0) is 15.9. The fourth-order valence-electron chi connectivity index (χ4n) is 3.25. The maximum atomic E-state index is 6.42. The van der Waals surface area contributed by atoms with E-state index in [4.69, 9.17) is 5.73 Å². The van der Waals surface area contributed by atoms with Gasteiger partial charge >= 0.3 is 0 Å². The molecule has 2 atom stereocenters. The third-order valence-electron chi connectivity index (χ3n) is 4.90. The third-order valence-corrected chi connectivity index (χ3v) is 4.90. The second-order valence-electron chi connectivity index (χ2n) is 6.32. The van der Waals surface area contributed by atoms with E-state index in [1.165, 1.54) is 5.56 Å². The first-order valence-electron chi connectivity index (χ1n) is 8.07. The summed E-state index contributed by atoms with van der Waals surface area (Å²) in [5.74, 6) is 0.410. The van der Waals surface area contributed by atoms with Gasteiger partial charge in [0.2, 0.25) is 0 Å². The minimum absolute atomic E-state index is 0.0566. The molecule has 3 aromatic rings. The van der Waals surface area contributed by atoms with Crippen molar-refractivity contribution in [2.75, 3.05) is 0 Å². The molecule has 0 spiro atoms. The van der Waals surface area contributed by atoms with Gasteiger partial charge in [0.05, 0.1) is 11.9 Å². The van der Waals surface area contributed by atoms with Crippen LogP contribution < -0.4 is 5.73 Å². The molecule has 1 aliphatic carbocycles. The lowest BCUT2D eigenvalue weighted by atomic mass is 10.0. The van der Waals surface area contributed by atoms with Crippen LogP contribution in [-0.2, 0) is 0 Å². The van der Waals surface area contributed by atoms with Gasteiger partial charge in [-0.25, -0.2) is 4.68 Å². The van der Waals surface area contributed by atoms with Crippen molar-refractivity contribution in [2.24, 2.45) is 5.73 Å². The molecule has 4 heteroatoms. The highest BCUT2D eigenvalue weighted by atomic mass is 15.4. The van der Waals surface area contributed by atoms with Crippen molar-refractivity contribution in [1.82, 2.24) is 15.0 Å². The molecule has 4 rings (SSSR count). The highest BCUT2D eigenvalue weighted by molar-refractivity contribution is 5.58. The van der Waals surface area contributed by atoms with Crippen LogP contribution >= 0.6 is 0 Å². The molecular weight excluding hydrogens is 284 g/mol. The van der Waals surface area contributed by atoms with Crippen molar-refractivity contribution in [1.29, 1.82) is 0 Å². The normalized spacial score (nSPS) is 23.0. The molecule has 2 N–H and O–H groups in total. The van der Waals surface area contributed by atoms with E-state index in [0.29, 0.717) is 5.92 Å². The summed E-state index contributed by atoms with van der Waals surface area (Å²) in [7, 11) is 0. The molecular formula is C19H20N4. The molecule has 0 bridgehead atoms. The second kappa shape index (κ2) is 5.32. The minimum atomic E-state index is -0.0566. The highest BCUT2D eigenvalue weighted by Crippen LogP contribution is 2.52. The molecule has 0 amide bonds. The van der Waals surface area contributed by atoms with Crippen LogP contribution in [0.2, 0.25) is 0 Å². The minimum Gasteiger partial charge on any atom is -0.325 e. The van der Waals surface area contributed by atoms with Gasteiger partial charge in [-0.2, -0.15) is 0 Å². The van der Waals surface area contributed by atoms with E-state index in [1.54, 1.807) is 0 Å². The number of benzene rings is 2. The molecule has 1 aromatic heterocycles. The van der Waals surface area contributed by atoms with E-state index < -0.39 is 0 Å². The van der Waals surface area contributed by atoms with E-state index >= 15 is 0 Å². The van der Waals surface area contributed by atoms with Crippen LogP contribution in [0.25, 0.3) is 16.9 Å². The van der Waals surface area contributed by atoms with Gasteiger partial charge in [0.1, 0.15) is 5.69 Å².